The molecule has 4 rings (SSSR count). The Morgan fingerprint density at radius 2 is 2.11 bits per heavy atom. The van der Waals surface area contributed by atoms with E-state index < -0.39 is 0 Å². The van der Waals surface area contributed by atoms with Gasteiger partial charge < -0.3 is 5.32 Å². The second-order valence-corrected chi connectivity index (χ2v) is 7.25. The highest BCUT2D eigenvalue weighted by Crippen LogP contribution is 2.56. The van der Waals surface area contributed by atoms with E-state index in [-0.39, 0.29) is 0 Å². The van der Waals surface area contributed by atoms with Crippen molar-refractivity contribution in [3.05, 3.63) is 35.2 Å². The minimum absolute atomic E-state index is 0.801. The Morgan fingerprint density at radius 1 is 1.21 bits per heavy atom. The Bertz CT molecular complexity index is 588. The normalized spacial score (nSPS) is 33.3. The summed E-state index contributed by atoms with van der Waals surface area (Å²) in [5, 5.41) is 7.08. The summed E-state index contributed by atoms with van der Waals surface area (Å²) in [6.07, 6.45) is 4.39. The van der Waals surface area contributed by atoms with Gasteiger partial charge in [0, 0.05) is 4.70 Å². The summed E-state index contributed by atoms with van der Waals surface area (Å²) >= 11 is 1.85. The summed E-state index contributed by atoms with van der Waals surface area (Å²) in [6, 6.07) is 9.45. The zero-order valence-corrected chi connectivity index (χ0v) is 12.2. The van der Waals surface area contributed by atoms with E-state index >= 15 is 0 Å². The molecule has 1 aromatic heterocycles. The zero-order chi connectivity index (χ0) is 12.8. The lowest BCUT2D eigenvalue weighted by molar-refractivity contribution is 0.282. The van der Waals surface area contributed by atoms with E-state index in [1.54, 1.807) is 5.56 Å². The molecule has 0 spiro atoms. The van der Waals surface area contributed by atoms with Crippen molar-refractivity contribution in [3.63, 3.8) is 0 Å². The molecule has 0 radical (unpaired) electrons. The van der Waals surface area contributed by atoms with Crippen molar-refractivity contribution in [2.45, 2.75) is 25.2 Å². The highest BCUT2D eigenvalue weighted by Gasteiger charge is 2.47. The molecule has 1 aromatic carbocycles. The molecule has 2 fully saturated rings. The highest BCUT2D eigenvalue weighted by molar-refractivity contribution is 7.17. The molecule has 1 heterocycles. The van der Waals surface area contributed by atoms with Crippen LogP contribution in [0.4, 0.5) is 0 Å². The quantitative estimate of drug-likeness (QED) is 0.880. The van der Waals surface area contributed by atoms with Crippen molar-refractivity contribution in [1.82, 2.24) is 5.32 Å². The first-order chi connectivity index (χ1) is 9.36. The summed E-state index contributed by atoms with van der Waals surface area (Å²) in [4.78, 5) is 0. The minimum atomic E-state index is 0.801. The third-order valence-electron chi connectivity index (χ3n) is 5.39. The van der Waals surface area contributed by atoms with Crippen molar-refractivity contribution in [3.8, 4) is 0 Å². The van der Waals surface area contributed by atoms with Crippen LogP contribution in [0.25, 0.3) is 10.1 Å². The molecule has 0 aliphatic heterocycles. The van der Waals surface area contributed by atoms with Crippen LogP contribution in [-0.4, -0.2) is 13.6 Å². The summed E-state index contributed by atoms with van der Waals surface area (Å²) in [7, 11) is 2.10. The molecule has 2 aromatic rings. The molecule has 0 amide bonds. The first-order valence-electron chi connectivity index (χ1n) is 7.48. The van der Waals surface area contributed by atoms with Gasteiger partial charge in [-0.25, -0.2) is 0 Å². The van der Waals surface area contributed by atoms with Gasteiger partial charge >= 0.3 is 0 Å². The van der Waals surface area contributed by atoms with Gasteiger partial charge in [0.25, 0.3) is 0 Å². The van der Waals surface area contributed by atoms with Crippen molar-refractivity contribution < 1.29 is 0 Å². The number of hydrogen-bond acceptors (Lipinski definition) is 2. The Labute approximate surface area is 119 Å². The fourth-order valence-corrected chi connectivity index (χ4v) is 5.42. The van der Waals surface area contributed by atoms with Gasteiger partial charge in [-0.1, -0.05) is 12.1 Å². The molecule has 2 aliphatic carbocycles. The minimum Gasteiger partial charge on any atom is -0.319 e. The number of benzene rings is 1. The standard InChI is InChI=1S/C17H21NS/c1-18-10-15-11-2-3-13(8-11)17(15)14-4-5-16-12(9-14)6-7-19-16/h4-7,9,11,13,15,17-18H,2-3,8,10H2,1H3/t11-,13+,15-,17-/m0/s1. The molecule has 2 bridgehead atoms. The number of nitrogens with one attached hydrogen (secondary N) is 1. The summed E-state index contributed by atoms with van der Waals surface area (Å²) in [6.45, 7) is 1.19. The number of fused-ring (bicyclic) bond motifs is 3. The van der Waals surface area contributed by atoms with E-state index in [2.05, 4.69) is 42.0 Å². The molecule has 2 aliphatic rings. The van der Waals surface area contributed by atoms with Crippen LogP contribution in [0.5, 0.6) is 0 Å². The molecular weight excluding hydrogens is 250 g/mol. The lowest BCUT2D eigenvalue weighted by Crippen LogP contribution is -2.29. The lowest BCUT2D eigenvalue weighted by atomic mass is 9.75. The van der Waals surface area contributed by atoms with Gasteiger partial charge in [-0.15, -0.1) is 11.3 Å². The van der Waals surface area contributed by atoms with Gasteiger partial charge in [-0.05, 0) is 85.0 Å². The average molecular weight is 271 g/mol. The third-order valence-corrected chi connectivity index (χ3v) is 6.29. The molecular formula is C17H21NS. The van der Waals surface area contributed by atoms with Crippen LogP contribution in [0, 0.1) is 17.8 Å². The first-order valence-corrected chi connectivity index (χ1v) is 8.36. The number of thiophene rings is 1. The van der Waals surface area contributed by atoms with Gasteiger partial charge in [0.2, 0.25) is 0 Å². The van der Waals surface area contributed by atoms with E-state index in [1.807, 2.05) is 11.3 Å². The second kappa shape index (κ2) is 4.60. The Balaban J connectivity index is 1.72. The molecule has 4 atom stereocenters. The van der Waals surface area contributed by atoms with Crippen LogP contribution in [0.1, 0.15) is 30.7 Å². The topological polar surface area (TPSA) is 12.0 Å². The molecule has 19 heavy (non-hydrogen) atoms. The van der Waals surface area contributed by atoms with Crippen LogP contribution >= 0.6 is 11.3 Å². The summed E-state index contributed by atoms with van der Waals surface area (Å²) in [5.74, 6) is 3.58. The van der Waals surface area contributed by atoms with Crippen molar-refractivity contribution >= 4 is 21.4 Å². The smallest absolute Gasteiger partial charge is 0.0342 e. The Hall–Kier alpha value is -0.860. The largest absolute Gasteiger partial charge is 0.319 e. The Kier molecular flexibility index (Phi) is 2.89. The van der Waals surface area contributed by atoms with Crippen LogP contribution < -0.4 is 5.32 Å². The van der Waals surface area contributed by atoms with E-state index in [0.29, 0.717) is 0 Å². The molecule has 100 valence electrons. The summed E-state index contributed by atoms with van der Waals surface area (Å²) < 4.78 is 1.43. The molecule has 2 heteroatoms. The molecule has 2 saturated carbocycles. The van der Waals surface area contributed by atoms with Crippen LogP contribution in [-0.2, 0) is 0 Å². The number of rotatable bonds is 3. The van der Waals surface area contributed by atoms with Gasteiger partial charge in [0.05, 0.1) is 0 Å². The van der Waals surface area contributed by atoms with Crippen molar-refractivity contribution in [2.24, 2.45) is 17.8 Å². The maximum Gasteiger partial charge on any atom is 0.0342 e. The van der Waals surface area contributed by atoms with Crippen LogP contribution in [0.2, 0.25) is 0 Å². The monoisotopic (exact) mass is 271 g/mol. The summed E-state index contributed by atoms with van der Waals surface area (Å²) in [5.41, 5.74) is 1.60. The highest BCUT2D eigenvalue weighted by atomic mass is 32.1. The van der Waals surface area contributed by atoms with Gasteiger partial charge in [-0.2, -0.15) is 0 Å². The third kappa shape index (κ3) is 1.85. The average Bonchev–Trinajstić information content (AvgIpc) is 3.13. The van der Waals surface area contributed by atoms with E-state index in [4.69, 9.17) is 0 Å². The maximum atomic E-state index is 3.43. The first kappa shape index (κ1) is 11.9. The van der Waals surface area contributed by atoms with Gasteiger partial charge in [-0.3, -0.25) is 0 Å². The predicted molar refractivity (Wildman–Crippen MR) is 82.8 cm³/mol. The van der Waals surface area contributed by atoms with Crippen LogP contribution in [0.3, 0.4) is 0 Å². The molecule has 1 nitrogen and oxygen atoms in total. The van der Waals surface area contributed by atoms with E-state index in [9.17, 15) is 0 Å². The maximum absolute atomic E-state index is 3.43. The van der Waals surface area contributed by atoms with E-state index in [0.717, 1.165) is 23.7 Å². The lowest BCUT2D eigenvalue weighted by Gasteiger charge is -2.31. The van der Waals surface area contributed by atoms with Crippen molar-refractivity contribution in [1.29, 1.82) is 0 Å². The van der Waals surface area contributed by atoms with Crippen molar-refractivity contribution in [2.75, 3.05) is 13.6 Å². The Morgan fingerprint density at radius 3 is 3.00 bits per heavy atom. The fraction of sp³-hybridized carbons (Fsp3) is 0.529. The van der Waals surface area contributed by atoms with Crippen LogP contribution in [0.15, 0.2) is 29.6 Å². The van der Waals surface area contributed by atoms with Gasteiger partial charge in [0.1, 0.15) is 0 Å². The zero-order valence-electron chi connectivity index (χ0n) is 11.4. The molecule has 0 unspecified atom stereocenters. The second-order valence-electron chi connectivity index (χ2n) is 6.30. The van der Waals surface area contributed by atoms with E-state index in [1.165, 1.54) is 35.9 Å². The SMILES string of the molecule is CNC[C@H]1[C@H]2CC[C@H](C2)[C@H]1c1ccc2sccc2c1. The fourth-order valence-electron chi connectivity index (χ4n) is 4.65. The number of hydrogen-bond donors (Lipinski definition) is 1. The van der Waals surface area contributed by atoms with Gasteiger partial charge in [0.15, 0.2) is 0 Å². The molecule has 0 saturated heterocycles. The molecule has 1 N–H and O–H groups in total. The predicted octanol–water partition coefficient (Wildman–Crippen LogP) is 4.25.